The molecule has 2 aliphatic rings. The van der Waals surface area contributed by atoms with Crippen LogP contribution >= 0.6 is 0 Å². The number of para-hydroxylation sites is 2. The maximum absolute atomic E-state index is 13.3. The van der Waals surface area contributed by atoms with Gasteiger partial charge in [0.15, 0.2) is 5.75 Å². The summed E-state index contributed by atoms with van der Waals surface area (Å²) in [7, 11) is -3.70. The zero-order valence-electron chi connectivity index (χ0n) is 18.2. The van der Waals surface area contributed by atoms with Crippen LogP contribution in [0.5, 0.6) is 11.5 Å². The minimum absolute atomic E-state index is 0.104. The van der Waals surface area contributed by atoms with Crippen molar-refractivity contribution in [2.45, 2.75) is 18.2 Å². The van der Waals surface area contributed by atoms with E-state index in [0.717, 1.165) is 28.4 Å². The molecule has 0 unspecified atom stereocenters. The fourth-order valence-corrected chi connectivity index (χ4v) is 5.65. The molecule has 0 bridgehead atoms. The summed E-state index contributed by atoms with van der Waals surface area (Å²) in [4.78, 5) is 7.18. The zero-order chi connectivity index (χ0) is 23.0. The highest BCUT2D eigenvalue weighted by molar-refractivity contribution is 7.89. The second-order valence-corrected chi connectivity index (χ2v) is 10.1. The van der Waals surface area contributed by atoms with Crippen LogP contribution in [0.3, 0.4) is 0 Å². The minimum Gasteiger partial charge on any atom is -0.454 e. The van der Waals surface area contributed by atoms with Crippen LogP contribution in [0.25, 0.3) is 0 Å². The highest BCUT2D eigenvalue weighted by atomic mass is 32.2. The van der Waals surface area contributed by atoms with Crippen molar-refractivity contribution < 1.29 is 17.5 Å². The van der Waals surface area contributed by atoms with Gasteiger partial charge in [-0.2, -0.15) is 4.31 Å². The summed E-state index contributed by atoms with van der Waals surface area (Å²) >= 11 is 0. The van der Waals surface area contributed by atoms with E-state index >= 15 is 0 Å². The average Bonchev–Trinajstić information content (AvgIpc) is 3.14. The smallest absolute Gasteiger partial charge is 0.243 e. The van der Waals surface area contributed by atoms with Crippen LogP contribution in [-0.2, 0) is 10.0 Å². The molecule has 33 heavy (non-hydrogen) atoms. The quantitative estimate of drug-likeness (QED) is 0.550. The molecule has 3 aromatic carbocycles. The Labute approximate surface area is 193 Å². The maximum Gasteiger partial charge on any atom is 0.243 e. The largest absolute Gasteiger partial charge is 0.454 e. The first-order valence-electron chi connectivity index (χ1n) is 10.9. The first-order valence-corrected chi connectivity index (χ1v) is 12.3. The number of hydrogen-bond acceptors (Lipinski definition) is 5. The molecule has 0 N–H and O–H groups in total. The van der Waals surface area contributed by atoms with Crippen LogP contribution < -0.4 is 4.74 Å². The number of nitrogens with zero attached hydrogens (tertiary/aromatic N) is 3. The predicted molar refractivity (Wildman–Crippen MR) is 125 cm³/mol. The van der Waals surface area contributed by atoms with Crippen molar-refractivity contribution in [1.82, 2.24) is 9.21 Å². The molecule has 3 aromatic rings. The summed E-state index contributed by atoms with van der Waals surface area (Å²) in [5.41, 5.74) is 2.72. The van der Waals surface area contributed by atoms with Gasteiger partial charge in [0.2, 0.25) is 10.0 Å². The third kappa shape index (κ3) is 4.24. The van der Waals surface area contributed by atoms with Gasteiger partial charge in [0, 0.05) is 26.2 Å². The maximum atomic E-state index is 13.3. The van der Waals surface area contributed by atoms with Crippen LogP contribution in [0.1, 0.15) is 17.5 Å². The highest BCUT2D eigenvalue weighted by Crippen LogP contribution is 2.38. The van der Waals surface area contributed by atoms with Gasteiger partial charge in [-0.05, 0) is 61.9 Å². The molecule has 1 fully saturated rings. The number of fused-ring (bicyclic) bond motifs is 2. The number of halogens is 1. The lowest BCUT2D eigenvalue weighted by atomic mass is 10.1. The van der Waals surface area contributed by atoms with Crippen LogP contribution in [0.4, 0.5) is 10.1 Å². The molecule has 0 saturated carbocycles. The van der Waals surface area contributed by atoms with Crippen LogP contribution in [-0.4, -0.2) is 49.6 Å². The number of benzene rings is 3. The monoisotopic (exact) mass is 465 g/mol. The van der Waals surface area contributed by atoms with E-state index in [9.17, 15) is 12.8 Å². The van der Waals surface area contributed by atoms with E-state index in [-0.39, 0.29) is 4.90 Å². The van der Waals surface area contributed by atoms with Gasteiger partial charge in [-0.1, -0.05) is 23.8 Å². The van der Waals surface area contributed by atoms with Gasteiger partial charge in [-0.3, -0.25) is 0 Å². The topological polar surface area (TPSA) is 62.2 Å². The van der Waals surface area contributed by atoms with Gasteiger partial charge in [0.05, 0.1) is 10.5 Å². The lowest BCUT2D eigenvalue weighted by molar-refractivity contribution is 0.407. The van der Waals surface area contributed by atoms with E-state index in [1.54, 1.807) is 0 Å². The summed E-state index contributed by atoms with van der Waals surface area (Å²) in [6.45, 7) is 3.85. The summed E-state index contributed by atoms with van der Waals surface area (Å²) in [5.74, 6) is 1.73. The van der Waals surface area contributed by atoms with Crippen molar-refractivity contribution in [2.24, 2.45) is 4.99 Å². The Kier molecular flexibility index (Phi) is 5.64. The Hall–Kier alpha value is -3.23. The van der Waals surface area contributed by atoms with E-state index < -0.39 is 15.8 Å². The molecule has 0 spiro atoms. The molecule has 6 nitrogen and oxygen atoms in total. The first-order chi connectivity index (χ1) is 15.9. The number of aryl methyl sites for hydroxylation is 1. The molecule has 0 aromatic heterocycles. The van der Waals surface area contributed by atoms with Crippen LogP contribution in [0.2, 0.25) is 0 Å². The van der Waals surface area contributed by atoms with E-state index in [4.69, 9.17) is 9.73 Å². The second kappa shape index (κ2) is 8.61. The molecule has 170 valence electrons. The normalized spacial score (nSPS) is 16.7. The number of ether oxygens (including phenoxy) is 1. The SMILES string of the molecule is Cc1ccc2c(c1)C(N1CCCN(S(=O)(=O)c3ccc(F)cc3)CC1)=Nc1ccccc1O2. The third-order valence-electron chi connectivity index (χ3n) is 5.89. The average molecular weight is 466 g/mol. The molecular formula is C25H24FN3O3S. The van der Waals surface area contributed by atoms with Gasteiger partial charge < -0.3 is 9.64 Å². The van der Waals surface area contributed by atoms with Gasteiger partial charge >= 0.3 is 0 Å². The lowest BCUT2D eigenvalue weighted by Crippen LogP contribution is -2.37. The number of hydrogen-bond donors (Lipinski definition) is 0. The molecule has 5 rings (SSSR count). The van der Waals surface area contributed by atoms with Crippen molar-refractivity contribution in [3.8, 4) is 11.5 Å². The Balaban J connectivity index is 1.47. The second-order valence-electron chi connectivity index (χ2n) is 8.20. The Morgan fingerprint density at radius 2 is 1.70 bits per heavy atom. The molecule has 2 aliphatic heterocycles. The summed E-state index contributed by atoms with van der Waals surface area (Å²) in [5, 5.41) is 0. The van der Waals surface area contributed by atoms with Crippen LogP contribution in [0.15, 0.2) is 76.6 Å². The molecular weight excluding hydrogens is 441 g/mol. The molecule has 2 heterocycles. The molecule has 0 radical (unpaired) electrons. The Morgan fingerprint density at radius 1 is 0.909 bits per heavy atom. The van der Waals surface area contributed by atoms with E-state index in [1.165, 1.54) is 28.6 Å². The zero-order valence-corrected chi connectivity index (χ0v) is 19.1. The fourth-order valence-electron chi connectivity index (χ4n) is 4.18. The number of amidine groups is 1. The third-order valence-corrected chi connectivity index (χ3v) is 7.81. The van der Waals surface area contributed by atoms with Gasteiger partial charge in [-0.25, -0.2) is 17.8 Å². The van der Waals surface area contributed by atoms with Crippen LogP contribution in [0, 0.1) is 12.7 Å². The summed E-state index contributed by atoms with van der Waals surface area (Å²) in [6, 6.07) is 18.6. The lowest BCUT2D eigenvalue weighted by Gasteiger charge is -2.25. The highest BCUT2D eigenvalue weighted by Gasteiger charge is 2.30. The summed E-state index contributed by atoms with van der Waals surface area (Å²) in [6.07, 6.45) is 0.642. The molecule has 0 amide bonds. The molecule has 0 atom stereocenters. The van der Waals surface area contributed by atoms with Gasteiger partial charge in [0.25, 0.3) is 0 Å². The van der Waals surface area contributed by atoms with E-state index in [1.807, 2.05) is 43.3 Å². The standard InChI is InChI=1S/C25H24FN3O3S/c1-18-7-12-23-21(17-18)25(27-22-5-2-3-6-24(22)32-23)28-13-4-14-29(16-15-28)33(30,31)20-10-8-19(26)9-11-20/h2-3,5-12,17H,4,13-16H2,1H3. The van der Waals surface area contributed by atoms with Gasteiger partial charge in [-0.15, -0.1) is 0 Å². The van der Waals surface area contributed by atoms with Crippen molar-refractivity contribution in [3.05, 3.63) is 83.7 Å². The molecule has 8 heteroatoms. The van der Waals surface area contributed by atoms with Crippen molar-refractivity contribution in [2.75, 3.05) is 26.2 Å². The molecule has 0 aliphatic carbocycles. The van der Waals surface area contributed by atoms with Gasteiger partial charge in [0.1, 0.15) is 23.1 Å². The summed E-state index contributed by atoms with van der Waals surface area (Å²) < 4.78 is 47.2. The van der Waals surface area contributed by atoms with Crippen molar-refractivity contribution in [3.63, 3.8) is 0 Å². The molecule has 1 saturated heterocycles. The Morgan fingerprint density at radius 3 is 2.52 bits per heavy atom. The first kappa shape index (κ1) is 21.6. The number of sulfonamides is 1. The predicted octanol–water partition coefficient (Wildman–Crippen LogP) is 4.71. The number of rotatable bonds is 2. The van der Waals surface area contributed by atoms with E-state index in [0.29, 0.717) is 38.3 Å². The number of aliphatic imine (C=N–C) groups is 1. The fraction of sp³-hybridized carbons (Fsp3) is 0.240. The Bertz CT molecular complexity index is 1320. The van der Waals surface area contributed by atoms with Crippen molar-refractivity contribution in [1.29, 1.82) is 0 Å². The van der Waals surface area contributed by atoms with E-state index in [2.05, 4.69) is 11.0 Å². The minimum atomic E-state index is -3.70. The van der Waals surface area contributed by atoms with Crippen molar-refractivity contribution >= 4 is 21.5 Å².